The van der Waals surface area contributed by atoms with Gasteiger partial charge in [-0.15, -0.1) is 0 Å². The van der Waals surface area contributed by atoms with Gasteiger partial charge >= 0.3 is 0 Å². The highest BCUT2D eigenvalue weighted by Crippen LogP contribution is 2.61. The molecule has 12 rings (SSSR count). The molecule has 2 heterocycles. The standard InChI is InChI=1S/C50H35N3/c1-12-29-50(30-13-1)41-25-10-8-22-38(41)43-35-20-6-7-21-37(35)48-44(45(43)50)40-28-27-32-16-3-5-19-34(32)47(40)53(48)49-51-42-26-11-9-23-39(42)46(52-49)36-24-14-17-31-15-2-4-18-33(31)36/h2-11,14-28H,1,12-13,29-30H2. The van der Waals surface area contributed by atoms with E-state index in [4.69, 9.17) is 9.97 Å². The highest BCUT2D eigenvalue weighted by Gasteiger charge is 2.46. The Kier molecular flexibility index (Phi) is 5.99. The summed E-state index contributed by atoms with van der Waals surface area (Å²) >= 11 is 0. The maximum absolute atomic E-state index is 5.67. The third-order valence-electron chi connectivity index (χ3n) is 12.5. The number of nitrogens with zero attached hydrogens (tertiary/aromatic N) is 3. The van der Waals surface area contributed by atoms with E-state index in [2.05, 4.69) is 156 Å². The van der Waals surface area contributed by atoms with Gasteiger partial charge in [0.2, 0.25) is 5.95 Å². The molecule has 0 unspecified atom stereocenters. The third kappa shape index (κ3) is 3.89. The number of para-hydroxylation sites is 1. The maximum Gasteiger partial charge on any atom is 0.235 e. The molecular weight excluding hydrogens is 643 g/mol. The van der Waals surface area contributed by atoms with Crippen molar-refractivity contribution in [2.45, 2.75) is 37.5 Å². The molecule has 1 spiro atoms. The van der Waals surface area contributed by atoms with Crippen LogP contribution in [0.15, 0.2) is 152 Å². The lowest BCUT2D eigenvalue weighted by molar-refractivity contribution is 0.355. The molecule has 2 aromatic heterocycles. The van der Waals surface area contributed by atoms with E-state index < -0.39 is 0 Å². The Morgan fingerprint density at radius 2 is 1.09 bits per heavy atom. The summed E-state index contributed by atoms with van der Waals surface area (Å²) in [7, 11) is 0. The second-order valence-electron chi connectivity index (χ2n) is 15.1. The monoisotopic (exact) mass is 677 g/mol. The minimum atomic E-state index is -0.0322. The molecule has 3 heteroatoms. The molecule has 2 aliphatic rings. The van der Waals surface area contributed by atoms with E-state index in [9.17, 15) is 0 Å². The highest BCUT2D eigenvalue weighted by atomic mass is 15.2. The number of rotatable bonds is 2. The molecule has 0 saturated heterocycles. The molecule has 0 N–H and O–H groups in total. The molecule has 1 saturated carbocycles. The van der Waals surface area contributed by atoms with E-state index in [0.29, 0.717) is 5.95 Å². The second-order valence-corrected chi connectivity index (χ2v) is 15.1. The summed E-state index contributed by atoms with van der Waals surface area (Å²) < 4.78 is 2.44. The fourth-order valence-electron chi connectivity index (χ4n) is 10.4. The average Bonchev–Trinajstić information content (AvgIpc) is 3.71. The van der Waals surface area contributed by atoms with Crippen LogP contribution >= 0.6 is 0 Å². The molecule has 0 radical (unpaired) electrons. The Bertz CT molecular complexity index is 3160. The number of aromatic nitrogens is 3. The van der Waals surface area contributed by atoms with Crippen LogP contribution in [0.3, 0.4) is 0 Å². The van der Waals surface area contributed by atoms with E-state index >= 15 is 0 Å². The van der Waals surface area contributed by atoms with Crippen molar-refractivity contribution in [3.63, 3.8) is 0 Å². The number of fused-ring (bicyclic) bond motifs is 16. The van der Waals surface area contributed by atoms with Gasteiger partial charge in [0, 0.05) is 37.9 Å². The summed E-state index contributed by atoms with van der Waals surface area (Å²) in [5.41, 5.74) is 11.2. The minimum absolute atomic E-state index is 0.0322. The fraction of sp³-hybridized carbons (Fsp3) is 0.120. The second kappa shape index (κ2) is 10.8. The molecule has 250 valence electrons. The van der Waals surface area contributed by atoms with Crippen LogP contribution in [-0.4, -0.2) is 14.5 Å². The van der Waals surface area contributed by atoms with Crippen molar-refractivity contribution in [1.82, 2.24) is 14.5 Å². The van der Waals surface area contributed by atoms with Gasteiger partial charge in [-0.2, -0.15) is 0 Å². The quantitative estimate of drug-likeness (QED) is 0.182. The van der Waals surface area contributed by atoms with Gasteiger partial charge in [0.15, 0.2) is 0 Å². The first kappa shape index (κ1) is 29.3. The molecule has 10 aromatic rings. The summed E-state index contributed by atoms with van der Waals surface area (Å²) in [6, 6.07) is 55.7. The maximum atomic E-state index is 5.67. The molecule has 53 heavy (non-hydrogen) atoms. The zero-order valence-electron chi connectivity index (χ0n) is 29.3. The van der Waals surface area contributed by atoms with Crippen LogP contribution in [0.1, 0.15) is 43.2 Å². The largest absolute Gasteiger partial charge is 0.277 e. The van der Waals surface area contributed by atoms with Crippen LogP contribution in [-0.2, 0) is 5.41 Å². The number of hydrogen-bond acceptors (Lipinski definition) is 2. The van der Waals surface area contributed by atoms with Crippen molar-refractivity contribution < 1.29 is 0 Å². The third-order valence-corrected chi connectivity index (χ3v) is 12.5. The Balaban J connectivity index is 1.32. The van der Waals surface area contributed by atoms with Crippen molar-refractivity contribution >= 4 is 65.0 Å². The van der Waals surface area contributed by atoms with Crippen molar-refractivity contribution in [2.75, 3.05) is 0 Å². The lowest BCUT2D eigenvalue weighted by atomic mass is 9.66. The molecule has 0 atom stereocenters. The first-order valence-corrected chi connectivity index (χ1v) is 19.1. The topological polar surface area (TPSA) is 30.7 Å². The lowest BCUT2D eigenvalue weighted by Gasteiger charge is -2.36. The molecular formula is C50H35N3. The summed E-state index contributed by atoms with van der Waals surface area (Å²) in [4.78, 5) is 11.2. The van der Waals surface area contributed by atoms with Crippen molar-refractivity contribution in [3.05, 3.63) is 163 Å². The van der Waals surface area contributed by atoms with Crippen LogP contribution in [0.25, 0.3) is 93.4 Å². The predicted molar refractivity (Wildman–Crippen MR) is 221 cm³/mol. The highest BCUT2D eigenvalue weighted by molar-refractivity contribution is 6.28. The Morgan fingerprint density at radius 1 is 0.453 bits per heavy atom. The Labute approximate surface area is 307 Å². The fourth-order valence-corrected chi connectivity index (χ4v) is 10.4. The Hall–Kier alpha value is -6.32. The molecule has 0 amide bonds. The van der Waals surface area contributed by atoms with Gasteiger partial charge in [-0.3, -0.25) is 4.57 Å². The molecule has 1 fully saturated rings. The summed E-state index contributed by atoms with van der Waals surface area (Å²) in [5.74, 6) is 0.710. The van der Waals surface area contributed by atoms with Crippen LogP contribution in [0.4, 0.5) is 0 Å². The van der Waals surface area contributed by atoms with Crippen LogP contribution in [0.5, 0.6) is 0 Å². The van der Waals surface area contributed by atoms with E-state index in [1.165, 1.54) is 108 Å². The zero-order valence-corrected chi connectivity index (χ0v) is 29.3. The van der Waals surface area contributed by atoms with Crippen molar-refractivity contribution in [3.8, 4) is 28.3 Å². The summed E-state index contributed by atoms with van der Waals surface area (Å²) in [5, 5.41) is 11.1. The van der Waals surface area contributed by atoms with Crippen LogP contribution in [0, 0.1) is 0 Å². The SMILES string of the molecule is c1ccc2c(c1)-c1c(c3c4ccc5ccccc5c4n(-c4nc(-c5cccc6ccccc56)c5ccccc5n4)c3c3ccccc13)C21CCCCC1. The molecule has 0 aliphatic heterocycles. The van der Waals surface area contributed by atoms with Gasteiger partial charge in [-0.05, 0) is 62.7 Å². The summed E-state index contributed by atoms with van der Waals surface area (Å²) in [6.07, 6.45) is 6.12. The van der Waals surface area contributed by atoms with E-state index in [1.54, 1.807) is 0 Å². The molecule has 8 aromatic carbocycles. The van der Waals surface area contributed by atoms with Gasteiger partial charge in [-0.25, -0.2) is 9.97 Å². The van der Waals surface area contributed by atoms with Crippen LogP contribution < -0.4 is 0 Å². The lowest BCUT2D eigenvalue weighted by Crippen LogP contribution is -2.28. The minimum Gasteiger partial charge on any atom is -0.277 e. The number of hydrogen-bond donors (Lipinski definition) is 0. The van der Waals surface area contributed by atoms with Gasteiger partial charge < -0.3 is 0 Å². The van der Waals surface area contributed by atoms with Gasteiger partial charge in [0.25, 0.3) is 0 Å². The normalized spacial score (nSPS) is 14.9. The molecule has 2 aliphatic carbocycles. The van der Waals surface area contributed by atoms with Crippen molar-refractivity contribution in [1.29, 1.82) is 0 Å². The predicted octanol–water partition coefficient (Wildman–Crippen LogP) is 13.1. The first-order chi connectivity index (χ1) is 26.3. The van der Waals surface area contributed by atoms with E-state index in [0.717, 1.165) is 22.2 Å². The van der Waals surface area contributed by atoms with E-state index in [-0.39, 0.29) is 5.41 Å². The van der Waals surface area contributed by atoms with E-state index in [1.807, 2.05) is 0 Å². The van der Waals surface area contributed by atoms with Crippen LogP contribution in [0.2, 0.25) is 0 Å². The van der Waals surface area contributed by atoms with Gasteiger partial charge in [0.05, 0.1) is 22.2 Å². The van der Waals surface area contributed by atoms with Gasteiger partial charge in [-0.1, -0.05) is 165 Å². The first-order valence-electron chi connectivity index (χ1n) is 19.1. The zero-order chi connectivity index (χ0) is 34.7. The Morgan fingerprint density at radius 3 is 1.94 bits per heavy atom. The average molecular weight is 678 g/mol. The summed E-state index contributed by atoms with van der Waals surface area (Å²) in [6.45, 7) is 0. The molecule has 0 bridgehead atoms. The van der Waals surface area contributed by atoms with Gasteiger partial charge in [0.1, 0.15) is 0 Å². The van der Waals surface area contributed by atoms with Crippen molar-refractivity contribution in [2.24, 2.45) is 0 Å². The number of benzene rings is 8. The smallest absolute Gasteiger partial charge is 0.235 e. The molecule has 3 nitrogen and oxygen atoms in total.